The third-order valence-corrected chi connectivity index (χ3v) is 2.61. The van der Waals surface area contributed by atoms with Gasteiger partial charge >= 0.3 is 0 Å². The SMILES string of the molecule is CCCNc1ccccc1C(=O)N(C)CC(C)O. The predicted octanol–water partition coefficient (Wildman–Crippen LogP) is 1.96. The van der Waals surface area contributed by atoms with Crippen molar-refractivity contribution in [2.45, 2.75) is 26.4 Å². The molecule has 18 heavy (non-hydrogen) atoms. The molecule has 0 fully saturated rings. The van der Waals surface area contributed by atoms with Crippen molar-refractivity contribution in [1.29, 1.82) is 0 Å². The van der Waals surface area contributed by atoms with Gasteiger partial charge in [-0.15, -0.1) is 0 Å². The summed E-state index contributed by atoms with van der Waals surface area (Å²) in [5.41, 5.74) is 1.50. The number of amides is 1. The molecule has 100 valence electrons. The van der Waals surface area contributed by atoms with Gasteiger partial charge in [-0.05, 0) is 25.5 Å². The zero-order valence-corrected chi connectivity index (χ0v) is 11.3. The molecule has 1 atom stereocenters. The van der Waals surface area contributed by atoms with Gasteiger partial charge in [0.1, 0.15) is 0 Å². The van der Waals surface area contributed by atoms with Crippen molar-refractivity contribution in [2.24, 2.45) is 0 Å². The molecular formula is C14H22N2O2. The summed E-state index contributed by atoms with van der Waals surface area (Å²) in [5, 5.41) is 12.6. The molecule has 4 nitrogen and oxygen atoms in total. The van der Waals surface area contributed by atoms with E-state index in [1.807, 2.05) is 18.2 Å². The van der Waals surface area contributed by atoms with Gasteiger partial charge in [-0.25, -0.2) is 0 Å². The van der Waals surface area contributed by atoms with E-state index in [1.165, 1.54) is 4.90 Å². The maximum Gasteiger partial charge on any atom is 0.255 e. The molecule has 0 aliphatic rings. The number of anilines is 1. The van der Waals surface area contributed by atoms with Crippen LogP contribution >= 0.6 is 0 Å². The number of aliphatic hydroxyl groups excluding tert-OH is 1. The van der Waals surface area contributed by atoms with Crippen LogP contribution in [0.15, 0.2) is 24.3 Å². The molecule has 1 rings (SSSR count). The largest absolute Gasteiger partial charge is 0.392 e. The zero-order chi connectivity index (χ0) is 13.5. The molecule has 2 N–H and O–H groups in total. The van der Waals surface area contributed by atoms with E-state index in [0.29, 0.717) is 12.1 Å². The molecule has 0 aliphatic heterocycles. The van der Waals surface area contributed by atoms with Crippen molar-refractivity contribution >= 4 is 11.6 Å². The Bertz CT molecular complexity index is 391. The first-order chi connectivity index (χ1) is 8.56. The van der Waals surface area contributed by atoms with Gasteiger partial charge in [0, 0.05) is 25.8 Å². The Balaban J connectivity index is 2.84. The summed E-state index contributed by atoms with van der Waals surface area (Å²) in [7, 11) is 1.70. The number of para-hydroxylation sites is 1. The lowest BCUT2D eigenvalue weighted by Gasteiger charge is -2.20. The summed E-state index contributed by atoms with van der Waals surface area (Å²) in [6, 6.07) is 7.46. The minimum Gasteiger partial charge on any atom is -0.392 e. The Hall–Kier alpha value is -1.55. The number of nitrogens with one attached hydrogen (secondary N) is 1. The topological polar surface area (TPSA) is 52.6 Å². The number of hydrogen-bond donors (Lipinski definition) is 2. The van der Waals surface area contributed by atoms with Crippen molar-refractivity contribution < 1.29 is 9.90 Å². The molecule has 0 aromatic heterocycles. The van der Waals surface area contributed by atoms with Gasteiger partial charge in [-0.1, -0.05) is 19.1 Å². The maximum atomic E-state index is 12.2. The molecule has 0 heterocycles. The third kappa shape index (κ3) is 4.04. The average molecular weight is 250 g/mol. The van der Waals surface area contributed by atoms with Crippen molar-refractivity contribution in [3.8, 4) is 0 Å². The second-order valence-corrected chi connectivity index (χ2v) is 4.51. The molecule has 1 unspecified atom stereocenters. The number of hydrogen-bond acceptors (Lipinski definition) is 3. The summed E-state index contributed by atoms with van der Waals surface area (Å²) in [6.45, 7) is 4.92. The molecule has 1 aromatic carbocycles. The van der Waals surface area contributed by atoms with E-state index in [2.05, 4.69) is 12.2 Å². The number of nitrogens with zero attached hydrogens (tertiary/aromatic N) is 1. The van der Waals surface area contributed by atoms with Crippen LogP contribution in [0.1, 0.15) is 30.6 Å². The first kappa shape index (κ1) is 14.5. The van der Waals surface area contributed by atoms with Gasteiger partial charge in [0.2, 0.25) is 0 Å². The Morgan fingerprint density at radius 2 is 2.11 bits per heavy atom. The molecule has 0 radical (unpaired) electrons. The number of benzene rings is 1. The Kier molecular flexibility index (Phi) is 5.65. The second kappa shape index (κ2) is 7.01. The van der Waals surface area contributed by atoms with Gasteiger partial charge in [0.15, 0.2) is 0 Å². The molecule has 0 bridgehead atoms. The number of aliphatic hydroxyl groups is 1. The van der Waals surface area contributed by atoms with E-state index in [1.54, 1.807) is 20.0 Å². The monoisotopic (exact) mass is 250 g/mol. The van der Waals surface area contributed by atoms with Crippen molar-refractivity contribution in [1.82, 2.24) is 4.90 Å². The average Bonchev–Trinajstić information content (AvgIpc) is 2.35. The van der Waals surface area contributed by atoms with Crippen LogP contribution < -0.4 is 5.32 Å². The van der Waals surface area contributed by atoms with E-state index in [-0.39, 0.29) is 5.91 Å². The molecule has 0 saturated heterocycles. The van der Waals surface area contributed by atoms with Gasteiger partial charge in [-0.3, -0.25) is 4.79 Å². The van der Waals surface area contributed by atoms with Crippen molar-refractivity contribution in [3.05, 3.63) is 29.8 Å². The van der Waals surface area contributed by atoms with Gasteiger partial charge in [0.25, 0.3) is 5.91 Å². The van der Waals surface area contributed by atoms with E-state index in [9.17, 15) is 9.90 Å². The maximum absolute atomic E-state index is 12.2. The highest BCUT2D eigenvalue weighted by molar-refractivity contribution is 5.99. The number of rotatable bonds is 6. The van der Waals surface area contributed by atoms with Crippen molar-refractivity contribution in [2.75, 3.05) is 25.5 Å². The summed E-state index contributed by atoms with van der Waals surface area (Å²) in [5.74, 6) is -0.0740. The minimum absolute atomic E-state index is 0.0740. The van der Waals surface area contributed by atoms with Crippen LogP contribution in [0, 0.1) is 0 Å². The van der Waals surface area contributed by atoms with Crippen LogP contribution in [0.2, 0.25) is 0 Å². The standard InChI is InChI=1S/C14H22N2O2/c1-4-9-15-13-8-6-5-7-12(13)14(18)16(3)10-11(2)17/h5-8,11,15,17H,4,9-10H2,1-3H3. The van der Waals surface area contributed by atoms with Crippen LogP contribution in [0.4, 0.5) is 5.69 Å². The molecule has 0 spiro atoms. The molecular weight excluding hydrogens is 228 g/mol. The van der Waals surface area contributed by atoms with Crippen molar-refractivity contribution in [3.63, 3.8) is 0 Å². The molecule has 1 aromatic rings. The van der Waals surface area contributed by atoms with Crippen LogP contribution in [0.3, 0.4) is 0 Å². The number of carbonyl (C=O) groups is 1. The summed E-state index contributed by atoms with van der Waals surface area (Å²) >= 11 is 0. The quantitative estimate of drug-likeness (QED) is 0.811. The van der Waals surface area contributed by atoms with Crippen LogP contribution in [0.25, 0.3) is 0 Å². The van der Waals surface area contributed by atoms with Gasteiger partial charge < -0.3 is 15.3 Å². The highest BCUT2D eigenvalue weighted by atomic mass is 16.3. The lowest BCUT2D eigenvalue weighted by Crippen LogP contribution is -2.33. The fourth-order valence-corrected chi connectivity index (χ4v) is 1.77. The van der Waals surface area contributed by atoms with E-state index >= 15 is 0 Å². The fourth-order valence-electron chi connectivity index (χ4n) is 1.77. The van der Waals surface area contributed by atoms with E-state index in [4.69, 9.17) is 0 Å². The Morgan fingerprint density at radius 3 is 2.72 bits per heavy atom. The fraction of sp³-hybridized carbons (Fsp3) is 0.500. The lowest BCUT2D eigenvalue weighted by molar-refractivity contribution is 0.0704. The smallest absolute Gasteiger partial charge is 0.255 e. The predicted molar refractivity (Wildman–Crippen MR) is 73.9 cm³/mol. The number of likely N-dealkylation sites (N-methyl/N-ethyl adjacent to an activating group) is 1. The summed E-state index contributed by atoms with van der Waals surface area (Å²) in [6.07, 6.45) is 0.487. The van der Waals surface area contributed by atoms with Crippen LogP contribution in [-0.4, -0.2) is 42.2 Å². The first-order valence-electron chi connectivity index (χ1n) is 6.32. The first-order valence-corrected chi connectivity index (χ1v) is 6.32. The minimum atomic E-state index is -0.519. The Morgan fingerprint density at radius 1 is 1.44 bits per heavy atom. The summed E-state index contributed by atoms with van der Waals surface area (Å²) in [4.78, 5) is 13.8. The lowest BCUT2D eigenvalue weighted by atomic mass is 10.1. The molecule has 0 aliphatic carbocycles. The van der Waals surface area contributed by atoms with E-state index < -0.39 is 6.10 Å². The zero-order valence-electron chi connectivity index (χ0n) is 11.3. The van der Waals surface area contributed by atoms with Gasteiger partial charge in [-0.2, -0.15) is 0 Å². The van der Waals surface area contributed by atoms with E-state index in [0.717, 1.165) is 18.7 Å². The van der Waals surface area contributed by atoms with Crippen LogP contribution in [0.5, 0.6) is 0 Å². The highest BCUT2D eigenvalue weighted by Crippen LogP contribution is 2.16. The normalized spacial score (nSPS) is 12.0. The number of carbonyl (C=O) groups excluding carboxylic acids is 1. The summed E-state index contributed by atoms with van der Waals surface area (Å²) < 4.78 is 0. The highest BCUT2D eigenvalue weighted by Gasteiger charge is 2.16. The molecule has 0 saturated carbocycles. The third-order valence-electron chi connectivity index (χ3n) is 2.61. The van der Waals surface area contributed by atoms with Gasteiger partial charge in [0.05, 0.1) is 11.7 Å². The Labute approximate surface area is 109 Å². The van der Waals surface area contributed by atoms with Crippen LogP contribution in [-0.2, 0) is 0 Å². The second-order valence-electron chi connectivity index (χ2n) is 4.51. The molecule has 4 heteroatoms. The molecule has 1 amide bonds.